The molecule has 1 aromatic heterocycles. The predicted octanol–water partition coefficient (Wildman–Crippen LogP) is 3.26. The molecule has 5 nitrogen and oxygen atoms in total. The van der Waals surface area contributed by atoms with E-state index in [9.17, 15) is 4.79 Å². The summed E-state index contributed by atoms with van der Waals surface area (Å²) in [5.41, 5.74) is 2.65. The van der Waals surface area contributed by atoms with Crippen LogP contribution in [0, 0.1) is 6.92 Å². The van der Waals surface area contributed by atoms with E-state index in [2.05, 4.69) is 10.3 Å². The molecule has 0 aliphatic heterocycles. The molecule has 0 saturated heterocycles. The van der Waals surface area contributed by atoms with Crippen LogP contribution in [0.4, 0.5) is 0 Å². The summed E-state index contributed by atoms with van der Waals surface area (Å²) in [6.07, 6.45) is 0.830. The molecule has 0 aliphatic rings. The summed E-state index contributed by atoms with van der Waals surface area (Å²) in [6.45, 7) is 2.91. The SMILES string of the molecule is Cc1ccccc1OCCNC(=O)CCc1nc2ccccc2o1. The lowest BCUT2D eigenvalue weighted by molar-refractivity contribution is -0.121. The van der Waals surface area contributed by atoms with Crippen LogP contribution in [0.15, 0.2) is 52.9 Å². The van der Waals surface area contributed by atoms with Crippen molar-refractivity contribution in [2.75, 3.05) is 13.2 Å². The van der Waals surface area contributed by atoms with Gasteiger partial charge in [0.1, 0.15) is 17.9 Å². The first-order chi connectivity index (χ1) is 11.7. The number of hydrogen-bond donors (Lipinski definition) is 1. The minimum Gasteiger partial charge on any atom is -0.491 e. The van der Waals surface area contributed by atoms with Gasteiger partial charge in [0, 0.05) is 12.8 Å². The maximum absolute atomic E-state index is 11.9. The van der Waals surface area contributed by atoms with Crippen molar-refractivity contribution in [1.29, 1.82) is 0 Å². The molecule has 3 aromatic rings. The third-order valence-electron chi connectivity index (χ3n) is 3.68. The number of fused-ring (bicyclic) bond motifs is 1. The van der Waals surface area contributed by atoms with Gasteiger partial charge in [-0.1, -0.05) is 30.3 Å². The Morgan fingerprint density at radius 3 is 2.79 bits per heavy atom. The quantitative estimate of drug-likeness (QED) is 0.678. The van der Waals surface area contributed by atoms with Crippen LogP contribution in [0.25, 0.3) is 11.1 Å². The minimum absolute atomic E-state index is 0.0364. The summed E-state index contributed by atoms with van der Waals surface area (Å²) in [7, 11) is 0. The second kappa shape index (κ2) is 7.64. The number of ether oxygens (including phenoxy) is 1. The highest BCUT2D eigenvalue weighted by Crippen LogP contribution is 2.16. The molecule has 3 rings (SSSR count). The molecule has 0 unspecified atom stereocenters. The molecule has 1 heterocycles. The maximum Gasteiger partial charge on any atom is 0.220 e. The lowest BCUT2D eigenvalue weighted by Gasteiger charge is -2.09. The number of carbonyl (C=O) groups excluding carboxylic acids is 1. The van der Waals surface area contributed by atoms with E-state index in [-0.39, 0.29) is 5.91 Å². The molecule has 1 amide bonds. The van der Waals surface area contributed by atoms with Gasteiger partial charge < -0.3 is 14.5 Å². The molecule has 0 saturated carbocycles. The number of hydrogen-bond acceptors (Lipinski definition) is 4. The van der Waals surface area contributed by atoms with Gasteiger partial charge in [-0.25, -0.2) is 4.98 Å². The summed E-state index contributed by atoms with van der Waals surface area (Å²) in [4.78, 5) is 16.2. The van der Waals surface area contributed by atoms with Gasteiger partial charge >= 0.3 is 0 Å². The average molecular weight is 324 g/mol. The van der Waals surface area contributed by atoms with Gasteiger partial charge in [0.25, 0.3) is 0 Å². The molecule has 124 valence electrons. The molecule has 0 radical (unpaired) electrons. The van der Waals surface area contributed by atoms with Crippen molar-refractivity contribution >= 4 is 17.0 Å². The first-order valence-corrected chi connectivity index (χ1v) is 8.02. The second-order valence-corrected chi connectivity index (χ2v) is 5.54. The molecular weight excluding hydrogens is 304 g/mol. The monoisotopic (exact) mass is 324 g/mol. The Kier molecular flexibility index (Phi) is 5.11. The standard InChI is InChI=1S/C19H20N2O3/c1-14-6-2-4-8-16(14)23-13-12-20-18(22)10-11-19-21-15-7-3-5-9-17(15)24-19/h2-9H,10-13H2,1H3,(H,20,22). The van der Waals surface area contributed by atoms with E-state index in [4.69, 9.17) is 9.15 Å². The molecule has 0 spiro atoms. The van der Waals surface area contributed by atoms with Gasteiger partial charge in [-0.3, -0.25) is 4.79 Å². The summed E-state index contributed by atoms with van der Waals surface area (Å²) in [5, 5.41) is 2.84. The zero-order chi connectivity index (χ0) is 16.8. The van der Waals surface area contributed by atoms with Crippen molar-refractivity contribution in [3.8, 4) is 5.75 Å². The first kappa shape index (κ1) is 16.1. The van der Waals surface area contributed by atoms with Gasteiger partial charge in [-0.05, 0) is 30.7 Å². The third kappa shape index (κ3) is 4.13. The van der Waals surface area contributed by atoms with Crippen molar-refractivity contribution in [3.63, 3.8) is 0 Å². The summed E-state index contributed by atoms with van der Waals surface area (Å²) >= 11 is 0. The highest BCUT2D eigenvalue weighted by atomic mass is 16.5. The van der Waals surface area contributed by atoms with Gasteiger partial charge in [0.05, 0.1) is 6.54 Å². The molecule has 0 aliphatic carbocycles. The van der Waals surface area contributed by atoms with E-state index in [0.29, 0.717) is 31.9 Å². The average Bonchev–Trinajstić information content (AvgIpc) is 3.01. The molecule has 24 heavy (non-hydrogen) atoms. The minimum atomic E-state index is -0.0364. The number of benzene rings is 2. The van der Waals surface area contributed by atoms with Crippen molar-refractivity contribution in [2.24, 2.45) is 0 Å². The number of aromatic nitrogens is 1. The fourth-order valence-electron chi connectivity index (χ4n) is 2.41. The van der Waals surface area contributed by atoms with Gasteiger partial charge in [0.2, 0.25) is 5.91 Å². The summed E-state index contributed by atoms with van der Waals surface area (Å²) in [5.74, 6) is 1.39. The Bertz CT molecular complexity index is 793. The number of carbonyl (C=O) groups is 1. The zero-order valence-corrected chi connectivity index (χ0v) is 13.6. The van der Waals surface area contributed by atoms with Crippen molar-refractivity contribution in [1.82, 2.24) is 10.3 Å². The predicted molar refractivity (Wildman–Crippen MR) is 92.0 cm³/mol. The first-order valence-electron chi connectivity index (χ1n) is 8.02. The van der Waals surface area contributed by atoms with Crippen LogP contribution in [-0.2, 0) is 11.2 Å². The molecule has 2 aromatic carbocycles. The maximum atomic E-state index is 11.9. The number of oxazole rings is 1. The lowest BCUT2D eigenvalue weighted by Crippen LogP contribution is -2.28. The molecule has 0 atom stereocenters. The Morgan fingerprint density at radius 2 is 1.96 bits per heavy atom. The smallest absolute Gasteiger partial charge is 0.220 e. The third-order valence-corrected chi connectivity index (χ3v) is 3.68. The van der Waals surface area contributed by atoms with Gasteiger partial charge in [-0.2, -0.15) is 0 Å². The Balaban J connectivity index is 1.39. The number of amides is 1. The summed E-state index contributed by atoms with van der Waals surface area (Å²) in [6, 6.07) is 15.4. The number of rotatable bonds is 7. The van der Waals surface area contributed by atoms with E-state index in [1.807, 2.05) is 55.5 Å². The van der Waals surface area contributed by atoms with Crippen LogP contribution in [0.3, 0.4) is 0 Å². The molecule has 0 bridgehead atoms. The van der Waals surface area contributed by atoms with Crippen LogP contribution in [-0.4, -0.2) is 24.0 Å². The van der Waals surface area contributed by atoms with Crippen LogP contribution in [0.1, 0.15) is 17.9 Å². The molecule has 1 N–H and O–H groups in total. The second-order valence-electron chi connectivity index (χ2n) is 5.54. The van der Waals surface area contributed by atoms with Crippen LogP contribution >= 0.6 is 0 Å². The fraction of sp³-hybridized carbons (Fsp3) is 0.263. The van der Waals surface area contributed by atoms with E-state index >= 15 is 0 Å². The largest absolute Gasteiger partial charge is 0.491 e. The van der Waals surface area contributed by atoms with Gasteiger partial charge in [-0.15, -0.1) is 0 Å². The molecular formula is C19H20N2O3. The van der Waals surface area contributed by atoms with Crippen molar-refractivity contribution in [2.45, 2.75) is 19.8 Å². The number of aryl methyl sites for hydroxylation is 2. The zero-order valence-electron chi connectivity index (χ0n) is 13.6. The lowest BCUT2D eigenvalue weighted by atomic mass is 10.2. The van der Waals surface area contributed by atoms with Crippen molar-refractivity contribution < 1.29 is 13.9 Å². The normalized spacial score (nSPS) is 10.7. The molecule has 0 fully saturated rings. The van der Waals surface area contributed by atoms with E-state index in [1.165, 1.54) is 0 Å². The van der Waals surface area contributed by atoms with Crippen LogP contribution < -0.4 is 10.1 Å². The van der Waals surface area contributed by atoms with Crippen LogP contribution in [0.2, 0.25) is 0 Å². The Hall–Kier alpha value is -2.82. The number of para-hydroxylation sites is 3. The topological polar surface area (TPSA) is 64.4 Å². The molecule has 5 heteroatoms. The van der Waals surface area contributed by atoms with Gasteiger partial charge in [0.15, 0.2) is 11.5 Å². The number of nitrogens with one attached hydrogen (secondary N) is 1. The highest BCUT2D eigenvalue weighted by molar-refractivity contribution is 5.76. The summed E-state index contributed by atoms with van der Waals surface area (Å²) < 4.78 is 11.2. The highest BCUT2D eigenvalue weighted by Gasteiger charge is 2.08. The van der Waals surface area contributed by atoms with E-state index in [1.54, 1.807) is 0 Å². The fourth-order valence-corrected chi connectivity index (χ4v) is 2.41. The Labute approximate surface area is 140 Å². The van der Waals surface area contributed by atoms with Crippen LogP contribution in [0.5, 0.6) is 5.75 Å². The van der Waals surface area contributed by atoms with E-state index < -0.39 is 0 Å². The number of nitrogens with zero attached hydrogens (tertiary/aromatic N) is 1. The Morgan fingerprint density at radius 1 is 1.17 bits per heavy atom. The van der Waals surface area contributed by atoms with Crippen molar-refractivity contribution in [3.05, 3.63) is 60.0 Å². The van der Waals surface area contributed by atoms with E-state index in [0.717, 1.165) is 22.4 Å².